The molecule has 0 aliphatic heterocycles. The molecule has 0 fully saturated rings. The predicted octanol–water partition coefficient (Wildman–Crippen LogP) is 3.33. The molecule has 0 aliphatic carbocycles. The van der Waals surface area contributed by atoms with Gasteiger partial charge in [0.25, 0.3) is 0 Å². The SMILES string of the molecule is C[C@H](Cn1ccnc1)NC(=O)CCc1cccc(Cl)c1Cl. The summed E-state index contributed by atoms with van der Waals surface area (Å²) in [6.45, 7) is 2.66. The summed E-state index contributed by atoms with van der Waals surface area (Å²) in [4.78, 5) is 15.9. The van der Waals surface area contributed by atoms with Crippen LogP contribution < -0.4 is 5.32 Å². The first-order chi connectivity index (χ1) is 10.1. The number of nitrogens with zero attached hydrogens (tertiary/aromatic N) is 2. The van der Waals surface area contributed by atoms with Crippen molar-refractivity contribution in [2.75, 3.05) is 0 Å². The number of hydrogen-bond donors (Lipinski definition) is 1. The van der Waals surface area contributed by atoms with Crippen molar-refractivity contribution in [3.05, 3.63) is 52.5 Å². The molecule has 1 amide bonds. The maximum atomic E-state index is 11.9. The molecule has 0 saturated carbocycles. The van der Waals surface area contributed by atoms with Gasteiger partial charge < -0.3 is 9.88 Å². The van der Waals surface area contributed by atoms with Crippen LogP contribution in [0.25, 0.3) is 0 Å². The number of hydrogen-bond acceptors (Lipinski definition) is 2. The highest BCUT2D eigenvalue weighted by Crippen LogP contribution is 2.26. The Hall–Kier alpha value is -1.52. The smallest absolute Gasteiger partial charge is 0.220 e. The molecule has 0 radical (unpaired) electrons. The van der Waals surface area contributed by atoms with Gasteiger partial charge in [-0.05, 0) is 25.0 Å². The van der Waals surface area contributed by atoms with Crippen molar-refractivity contribution in [2.45, 2.75) is 32.4 Å². The van der Waals surface area contributed by atoms with E-state index in [1.165, 1.54) is 0 Å². The van der Waals surface area contributed by atoms with E-state index in [0.29, 0.717) is 29.4 Å². The number of rotatable bonds is 6. The van der Waals surface area contributed by atoms with Crippen LogP contribution in [-0.2, 0) is 17.8 Å². The van der Waals surface area contributed by atoms with Crippen molar-refractivity contribution in [3.63, 3.8) is 0 Å². The minimum absolute atomic E-state index is 0.00124. The molecule has 0 unspecified atom stereocenters. The average molecular weight is 326 g/mol. The van der Waals surface area contributed by atoms with Gasteiger partial charge in [0.15, 0.2) is 0 Å². The van der Waals surface area contributed by atoms with Gasteiger partial charge >= 0.3 is 0 Å². The van der Waals surface area contributed by atoms with E-state index in [0.717, 1.165) is 5.56 Å². The summed E-state index contributed by atoms with van der Waals surface area (Å²) in [6, 6.07) is 5.50. The second kappa shape index (κ2) is 7.48. The Labute approximate surface area is 134 Å². The van der Waals surface area contributed by atoms with Crippen molar-refractivity contribution in [1.29, 1.82) is 0 Å². The molecule has 2 aromatic rings. The minimum Gasteiger partial charge on any atom is -0.352 e. The summed E-state index contributed by atoms with van der Waals surface area (Å²) in [7, 11) is 0. The molecule has 2 rings (SSSR count). The van der Waals surface area contributed by atoms with Gasteiger partial charge in [0.05, 0.1) is 16.4 Å². The molecule has 1 aromatic carbocycles. The van der Waals surface area contributed by atoms with Crippen molar-refractivity contribution >= 4 is 29.1 Å². The maximum absolute atomic E-state index is 11.9. The lowest BCUT2D eigenvalue weighted by atomic mass is 10.1. The first-order valence-electron chi connectivity index (χ1n) is 6.74. The van der Waals surface area contributed by atoms with Crippen LogP contribution in [0.2, 0.25) is 10.0 Å². The van der Waals surface area contributed by atoms with E-state index in [2.05, 4.69) is 10.3 Å². The third-order valence-electron chi connectivity index (χ3n) is 3.10. The molecule has 0 bridgehead atoms. The molecule has 0 saturated heterocycles. The van der Waals surface area contributed by atoms with E-state index in [9.17, 15) is 4.79 Å². The highest BCUT2D eigenvalue weighted by molar-refractivity contribution is 6.42. The molecule has 1 atom stereocenters. The zero-order valence-corrected chi connectivity index (χ0v) is 13.2. The van der Waals surface area contributed by atoms with Gasteiger partial charge in [0.1, 0.15) is 0 Å². The highest BCUT2D eigenvalue weighted by atomic mass is 35.5. The van der Waals surface area contributed by atoms with Crippen LogP contribution in [-0.4, -0.2) is 21.5 Å². The summed E-state index contributed by atoms with van der Waals surface area (Å²) >= 11 is 12.1. The van der Waals surface area contributed by atoms with Crippen LogP contribution in [0.1, 0.15) is 18.9 Å². The Morgan fingerprint density at radius 1 is 1.43 bits per heavy atom. The minimum atomic E-state index is -0.00124. The van der Waals surface area contributed by atoms with Crippen molar-refractivity contribution in [2.24, 2.45) is 0 Å². The molecule has 21 heavy (non-hydrogen) atoms. The number of amides is 1. The zero-order valence-electron chi connectivity index (χ0n) is 11.7. The third-order valence-corrected chi connectivity index (χ3v) is 3.96. The molecular formula is C15H17Cl2N3O. The van der Waals surface area contributed by atoms with Gasteiger partial charge in [0.2, 0.25) is 5.91 Å². The van der Waals surface area contributed by atoms with Gasteiger partial charge in [-0.1, -0.05) is 35.3 Å². The van der Waals surface area contributed by atoms with Crippen molar-refractivity contribution < 1.29 is 4.79 Å². The molecule has 0 spiro atoms. The molecule has 1 aromatic heterocycles. The van der Waals surface area contributed by atoms with Crippen LogP contribution in [0.4, 0.5) is 0 Å². The Kier molecular flexibility index (Phi) is 5.65. The Morgan fingerprint density at radius 2 is 2.24 bits per heavy atom. The Balaban J connectivity index is 1.80. The average Bonchev–Trinajstić information content (AvgIpc) is 2.93. The number of carbonyl (C=O) groups excluding carboxylic acids is 1. The van der Waals surface area contributed by atoms with Gasteiger partial charge in [-0.2, -0.15) is 0 Å². The molecule has 0 aliphatic rings. The molecule has 6 heteroatoms. The highest BCUT2D eigenvalue weighted by Gasteiger charge is 2.10. The standard InChI is InChI=1S/C15H17Cl2N3O/c1-11(9-20-8-7-18-10-20)19-14(21)6-5-12-3-2-4-13(16)15(12)17/h2-4,7-8,10-11H,5-6,9H2,1H3,(H,19,21)/t11-/m1/s1. The number of nitrogens with one attached hydrogen (secondary N) is 1. The van der Waals surface area contributed by atoms with Gasteiger partial charge in [-0.3, -0.25) is 4.79 Å². The summed E-state index contributed by atoms with van der Waals surface area (Å²) < 4.78 is 1.93. The molecular weight excluding hydrogens is 309 g/mol. The summed E-state index contributed by atoms with van der Waals surface area (Å²) in [5, 5.41) is 4.00. The fourth-order valence-electron chi connectivity index (χ4n) is 2.09. The van der Waals surface area contributed by atoms with E-state index in [1.807, 2.05) is 29.8 Å². The quantitative estimate of drug-likeness (QED) is 0.885. The second-order valence-corrected chi connectivity index (χ2v) is 5.73. The number of imidazole rings is 1. The van der Waals surface area contributed by atoms with Crippen molar-refractivity contribution in [3.8, 4) is 0 Å². The normalized spacial score (nSPS) is 12.1. The third kappa shape index (κ3) is 4.76. The van der Waals surface area contributed by atoms with Crippen LogP contribution in [0.3, 0.4) is 0 Å². The molecule has 4 nitrogen and oxygen atoms in total. The van der Waals surface area contributed by atoms with E-state index < -0.39 is 0 Å². The summed E-state index contributed by atoms with van der Waals surface area (Å²) in [5.74, 6) is -0.00124. The number of halogens is 2. The van der Waals surface area contributed by atoms with Crippen molar-refractivity contribution in [1.82, 2.24) is 14.9 Å². The van der Waals surface area contributed by atoms with Crippen LogP contribution in [0.15, 0.2) is 36.9 Å². The Morgan fingerprint density at radius 3 is 2.95 bits per heavy atom. The lowest BCUT2D eigenvalue weighted by Crippen LogP contribution is -2.35. The number of carbonyl (C=O) groups is 1. The largest absolute Gasteiger partial charge is 0.352 e. The van der Waals surface area contributed by atoms with E-state index >= 15 is 0 Å². The van der Waals surface area contributed by atoms with Crippen LogP contribution in [0, 0.1) is 0 Å². The molecule has 1 N–H and O–H groups in total. The van der Waals surface area contributed by atoms with E-state index in [1.54, 1.807) is 18.6 Å². The summed E-state index contributed by atoms with van der Waals surface area (Å²) in [5.41, 5.74) is 0.890. The number of benzene rings is 1. The lowest BCUT2D eigenvalue weighted by molar-refractivity contribution is -0.121. The van der Waals surface area contributed by atoms with Crippen LogP contribution in [0.5, 0.6) is 0 Å². The lowest BCUT2D eigenvalue weighted by Gasteiger charge is -2.14. The zero-order chi connectivity index (χ0) is 15.2. The van der Waals surface area contributed by atoms with E-state index in [4.69, 9.17) is 23.2 Å². The van der Waals surface area contributed by atoms with Gasteiger partial charge in [0, 0.05) is 31.4 Å². The monoisotopic (exact) mass is 325 g/mol. The number of aryl methyl sites for hydroxylation is 1. The van der Waals surface area contributed by atoms with Gasteiger partial charge in [-0.25, -0.2) is 4.98 Å². The topological polar surface area (TPSA) is 46.9 Å². The van der Waals surface area contributed by atoms with E-state index in [-0.39, 0.29) is 11.9 Å². The second-order valence-electron chi connectivity index (χ2n) is 4.94. The molecule has 112 valence electrons. The number of aromatic nitrogens is 2. The molecule has 1 heterocycles. The summed E-state index contributed by atoms with van der Waals surface area (Å²) in [6.07, 6.45) is 6.27. The fraction of sp³-hybridized carbons (Fsp3) is 0.333. The Bertz CT molecular complexity index is 599. The fourth-order valence-corrected chi connectivity index (χ4v) is 2.51. The maximum Gasteiger partial charge on any atom is 0.220 e. The first-order valence-corrected chi connectivity index (χ1v) is 7.50. The van der Waals surface area contributed by atoms with Gasteiger partial charge in [-0.15, -0.1) is 0 Å². The first kappa shape index (κ1) is 15.9. The van der Waals surface area contributed by atoms with Crippen LogP contribution >= 0.6 is 23.2 Å². The predicted molar refractivity (Wildman–Crippen MR) is 84.6 cm³/mol.